The van der Waals surface area contributed by atoms with Crippen LogP contribution in [0.4, 0.5) is 13.2 Å². The summed E-state index contributed by atoms with van der Waals surface area (Å²) in [7, 11) is 0. The van der Waals surface area contributed by atoms with Crippen LogP contribution in [0, 0.1) is 6.92 Å². The van der Waals surface area contributed by atoms with Crippen LogP contribution >= 0.6 is 22.9 Å². The molecule has 0 saturated heterocycles. The van der Waals surface area contributed by atoms with E-state index in [-0.39, 0.29) is 30.0 Å². The first-order chi connectivity index (χ1) is 13.2. The first-order valence-electron chi connectivity index (χ1n) is 8.22. The van der Waals surface area contributed by atoms with Crippen LogP contribution in [-0.4, -0.2) is 27.3 Å². The summed E-state index contributed by atoms with van der Waals surface area (Å²) >= 11 is 7.01. The molecular weight excluding hydrogens is 415 g/mol. The summed E-state index contributed by atoms with van der Waals surface area (Å²) in [6.45, 7) is 2.72. The van der Waals surface area contributed by atoms with Crippen molar-refractivity contribution in [1.82, 2.24) is 14.8 Å². The molecule has 0 aliphatic rings. The van der Waals surface area contributed by atoms with E-state index in [1.165, 1.54) is 12.4 Å². The van der Waals surface area contributed by atoms with Crippen molar-refractivity contribution in [2.75, 3.05) is 6.61 Å². The van der Waals surface area contributed by atoms with E-state index in [9.17, 15) is 18.0 Å². The van der Waals surface area contributed by atoms with Crippen molar-refractivity contribution in [2.45, 2.75) is 26.6 Å². The van der Waals surface area contributed by atoms with Gasteiger partial charge >= 0.3 is 12.1 Å². The fourth-order valence-corrected chi connectivity index (χ4v) is 3.69. The van der Waals surface area contributed by atoms with Crippen LogP contribution in [0.25, 0.3) is 11.1 Å². The van der Waals surface area contributed by atoms with E-state index in [4.69, 9.17) is 16.3 Å². The van der Waals surface area contributed by atoms with Gasteiger partial charge in [0.15, 0.2) is 0 Å². The molecule has 0 spiro atoms. The predicted octanol–water partition coefficient (Wildman–Crippen LogP) is 5.21. The van der Waals surface area contributed by atoms with Gasteiger partial charge in [0.2, 0.25) is 0 Å². The molecule has 0 amide bonds. The number of ether oxygens (including phenoxy) is 1. The molecular formula is C18H15ClF3N3O2S. The van der Waals surface area contributed by atoms with Gasteiger partial charge in [-0.15, -0.1) is 21.5 Å². The molecule has 0 saturated carbocycles. The number of carbonyl (C=O) groups excluding carboxylic acids is 1. The van der Waals surface area contributed by atoms with E-state index >= 15 is 0 Å². The Morgan fingerprint density at radius 1 is 1.29 bits per heavy atom. The molecule has 2 heterocycles. The van der Waals surface area contributed by atoms with Crippen molar-refractivity contribution >= 4 is 28.9 Å². The molecule has 10 heteroatoms. The lowest BCUT2D eigenvalue weighted by Crippen LogP contribution is -2.20. The molecule has 0 unspecified atom stereocenters. The van der Waals surface area contributed by atoms with Crippen molar-refractivity contribution < 1.29 is 22.7 Å². The Bertz CT molecular complexity index is 983. The van der Waals surface area contributed by atoms with Crippen molar-refractivity contribution in [2.24, 2.45) is 0 Å². The van der Waals surface area contributed by atoms with E-state index < -0.39 is 17.8 Å². The maximum atomic E-state index is 13.9. The van der Waals surface area contributed by atoms with Crippen LogP contribution in [0.1, 0.15) is 33.7 Å². The Kier molecular flexibility index (Phi) is 5.76. The van der Waals surface area contributed by atoms with Gasteiger partial charge in [-0.25, -0.2) is 4.79 Å². The fraction of sp³-hybridized carbons (Fsp3) is 0.278. The molecule has 148 valence electrons. The zero-order valence-corrected chi connectivity index (χ0v) is 16.5. The van der Waals surface area contributed by atoms with Crippen molar-refractivity contribution in [3.05, 3.63) is 56.8 Å². The highest BCUT2D eigenvalue weighted by molar-refractivity contribution is 7.09. The van der Waals surface area contributed by atoms with E-state index in [1.54, 1.807) is 31.2 Å². The van der Waals surface area contributed by atoms with Crippen LogP contribution in [0.15, 0.2) is 29.8 Å². The molecule has 3 rings (SSSR count). The van der Waals surface area contributed by atoms with E-state index in [2.05, 4.69) is 10.2 Å². The Morgan fingerprint density at radius 2 is 1.96 bits per heavy atom. The topological polar surface area (TPSA) is 57.0 Å². The largest absolute Gasteiger partial charge is 0.461 e. The summed E-state index contributed by atoms with van der Waals surface area (Å²) in [6.07, 6.45) is -4.68. The van der Waals surface area contributed by atoms with Gasteiger partial charge in [0, 0.05) is 10.6 Å². The quantitative estimate of drug-likeness (QED) is 0.522. The summed E-state index contributed by atoms with van der Waals surface area (Å²) < 4.78 is 47.8. The van der Waals surface area contributed by atoms with Crippen LogP contribution < -0.4 is 0 Å². The van der Waals surface area contributed by atoms with Crippen LogP contribution in [0.5, 0.6) is 0 Å². The summed E-state index contributed by atoms with van der Waals surface area (Å²) in [6, 6.07) is 6.26. The third kappa shape index (κ3) is 3.90. The SMILES string of the molecule is CCOC(=O)c1c(-c2ccc(Cl)cc2)c(C)c(C(F)(F)F)n1Cc1nncs1. The third-order valence-corrected chi connectivity index (χ3v) is 5.01. The summed E-state index contributed by atoms with van der Waals surface area (Å²) in [5, 5.41) is 8.25. The number of hydrogen-bond acceptors (Lipinski definition) is 5. The molecule has 0 N–H and O–H groups in total. The van der Waals surface area contributed by atoms with Crippen molar-refractivity contribution in [3.8, 4) is 11.1 Å². The van der Waals surface area contributed by atoms with Crippen LogP contribution in [0.2, 0.25) is 5.02 Å². The monoisotopic (exact) mass is 429 g/mol. The molecule has 0 radical (unpaired) electrons. The Morgan fingerprint density at radius 3 is 2.50 bits per heavy atom. The number of halogens is 4. The highest BCUT2D eigenvalue weighted by atomic mass is 35.5. The lowest BCUT2D eigenvalue weighted by atomic mass is 10.0. The average Bonchev–Trinajstić information content (AvgIpc) is 3.21. The van der Waals surface area contributed by atoms with Gasteiger partial charge in [0.05, 0.1) is 13.2 Å². The number of hydrogen-bond donors (Lipinski definition) is 0. The lowest BCUT2D eigenvalue weighted by Gasteiger charge is -2.14. The first kappa shape index (κ1) is 20.3. The average molecular weight is 430 g/mol. The minimum absolute atomic E-state index is 0.0310. The second-order valence-electron chi connectivity index (χ2n) is 5.84. The highest BCUT2D eigenvalue weighted by Crippen LogP contribution is 2.41. The molecule has 1 aromatic carbocycles. The Hall–Kier alpha value is -2.39. The van der Waals surface area contributed by atoms with Crippen molar-refractivity contribution in [1.29, 1.82) is 0 Å². The molecule has 2 aromatic heterocycles. The van der Waals surface area contributed by atoms with E-state index in [1.807, 2.05) is 0 Å². The van der Waals surface area contributed by atoms with E-state index in [0.717, 1.165) is 15.9 Å². The van der Waals surface area contributed by atoms with Gasteiger partial charge in [-0.3, -0.25) is 0 Å². The minimum atomic E-state index is -4.68. The number of aromatic nitrogens is 3. The minimum Gasteiger partial charge on any atom is -0.461 e. The predicted molar refractivity (Wildman–Crippen MR) is 99.6 cm³/mol. The molecule has 0 aliphatic heterocycles. The van der Waals surface area contributed by atoms with Crippen molar-refractivity contribution in [3.63, 3.8) is 0 Å². The molecule has 0 atom stereocenters. The first-order valence-corrected chi connectivity index (χ1v) is 9.48. The fourth-order valence-electron chi connectivity index (χ4n) is 3.05. The smallest absolute Gasteiger partial charge is 0.431 e. The number of rotatable bonds is 5. The molecule has 3 aromatic rings. The summed E-state index contributed by atoms with van der Waals surface area (Å²) in [5.74, 6) is -0.837. The molecule has 0 fully saturated rings. The van der Waals surface area contributed by atoms with Gasteiger partial charge in [-0.05, 0) is 37.1 Å². The van der Waals surface area contributed by atoms with Gasteiger partial charge in [-0.1, -0.05) is 23.7 Å². The number of alkyl halides is 3. The second kappa shape index (κ2) is 7.92. The molecule has 28 heavy (non-hydrogen) atoms. The number of esters is 1. The van der Waals surface area contributed by atoms with E-state index in [0.29, 0.717) is 15.6 Å². The standard InChI is InChI=1S/C18H15ClF3N3O2S/c1-3-27-17(26)15-14(11-4-6-12(19)7-5-11)10(2)16(18(20,21)22)25(15)8-13-24-23-9-28-13/h4-7,9H,3,8H2,1-2H3. The summed E-state index contributed by atoms with van der Waals surface area (Å²) in [5.41, 5.74) is 0.851. The van der Waals surface area contributed by atoms with Crippen LogP contribution in [-0.2, 0) is 17.5 Å². The molecule has 0 bridgehead atoms. The van der Waals surface area contributed by atoms with Gasteiger partial charge < -0.3 is 9.30 Å². The Labute approximate surface area is 167 Å². The Balaban J connectivity index is 2.32. The number of carbonyl (C=O) groups is 1. The van der Waals surface area contributed by atoms with Crippen LogP contribution in [0.3, 0.4) is 0 Å². The molecule has 5 nitrogen and oxygen atoms in total. The highest BCUT2D eigenvalue weighted by Gasteiger charge is 2.41. The number of benzene rings is 1. The van der Waals surface area contributed by atoms with Gasteiger partial charge in [0.1, 0.15) is 21.9 Å². The third-order valence-electron chi connectivity index (χ3n) is 4.08. The lowest BCUT2D eigenvalue weighted by molar-refractivity contribution is -0.143. The zero-order chi connectivity index (χ0) is 20.5. The maximum Gasteiger partial charge on any atom is 0.431 e. The summed E-state index contributed by atoms with van der Waals surface area (Å²) in [4.78, 5) is 12.7. The zero-order valence-electron chi connectivity index (χ0n) is 14.9. The maximum absolute atomic E-state index is 13.9. The normalized spacial score (nSPS) is 11.6. The molecule has 0 aliphatic carbocycles. The van der Waals surface area contributed by atoms with Gasteiger partial charge in [0.25, 0.3) is 0 Å². The number of nitrogens with zero attached hydrogens (tertiary/aromatic N) is 3. The van der Waals surface area contributed by atoms with Gasteiger partial charge in [-0.2, -0.15) is 13.2 Å². The second-order valence-corrected chi connectivity index (χ2v) is 7.20.